The predicted octanol–water partition coefficient (Wildman–Crippen LogP) is 2.69. The van der Waals surface area contributed by atoms with Crippen LogP contribution in [0.3, 0.4) is 0 Å². The van der Waals surface area contributed by atoms with Gasteiger partial charge in [-0.25, -0.2) is 9.97 Å². The quantitative estimate of drug-likeness (QED) is 0.916. The molecule has 1 aromatic carbocycles. The number of hydrogen-bond acceptors (Lipinski definition) is 4. The minimum Gasteiger partial charge on any atom is -0.482 e. The molecule has 0 saturated carbocycles. The lowest BCUT2D eigenvalue weighted by atomic mass is 10.1. The van der Waals surface area contributed by atoms with Crippen molar-refractivity contribution in [3.63, 3.8) is 0 Å². The second kappa shape index (κ2) is 4.88. The first-order chi connectivity index (χ1) is 9.26. The van der Waals surface area contributed by atoms with Crippen LogP contribution in [0.1, 0.15) is 36.5 Å². The van der Waals surface area contributed by atoms with Crippen molar-refractivity contribution in [3.05, 3.63) is 47.4 Å². The van der Waals surface area contributed by atoms with Gasteiger partial charge in [-0.3, -0.25) is 0 Å². The molecule has 0 saturated heterocycles. The standard InChI is InChI=1S/C15H17N3O/c1-2-5-11-9-14(16)18-15(17-11)13-8-10-6-3-4-7-12(10)19-13/h3-4,6-7,9,13H,2,5,8H2,1H3,(H2,16,17,18). The number of rotatable bonds is 3. The number of nitrogen functional groups attached to an aromatic ring is 1. The minimum absolute atomic E-state index is 0.114. The maximum atomic E-state index is 5.90. The van der Waals surface area contributed by atoms with Gasteiger partial charge in [0.2, 0.25) is 0 Å². The Morgan fingerprint density at radius 2 is 2.16 bits per heavy atom. The van der Waals surface area contributed by atoms with Crippen molar-refractivity contribution in [1.82, 2.24) is 9.97 Å². The summed E-state index contributed by atoms with van der Waals surface area (Å²) in [5.74, 6) is 2.14. The molecule has 0 radical (unpaired) electrons. The average Bonchev–Trinajstić information content (AvgIpc) is 2.82. The van der Waals surface area contributed by atoms with Gasteiger partial charge < -0.3 is 10.5 Å². The summed E-state index contributed by atoms with van der Waals surface area (Å²) in [7, 11) is 0. The molecule has 4 nitrogen and oxygen atoms in total. The van der Waals surface area contributed by atoms with Gasteiger partial charge in [-0.15, -0.1) is 0 Å². The molecule has 1 aliphatic heterocycles. The lowest BCUT2D eigenvalue weighted by molar-refractivity contribution is 0.227. The third kappa shape index (κ3) is 2.38. The first kappa shape index (κ1) is 12.0. The predicted molar refractivity (Wildman–Crippen MR) is 74.0 cm³/mol. The average molecular weight is 255 g/mol. The van der Waals surface area contributed by atoms with Crippen LogP contribution in [-0.2, 0) is 12.8 Å². The molecule has 98 valence electrons. The van der Waals surface area contributed by atoms with Gasteiger partial charge in [0.05, 0.1) is 0 Å². The summed E-state index contributed by atoms with van der Waals surface area (Å²) in [6.45, 7) is 2.12. The van der Waals surface area contributed by atoms with Crippen molar-refractivity contribution < 1.29 is 4.74 Å². The fraction of sp³-hybridized carbons (Fsp3) is 0.333. The smallest absolute Gasteiger partial charge is 0.172 e. The highest BCUT2D eigenvalue weighted by Crippen LogP contribution is 2.35. The zero-order chi connectivity index (χ0) is 13.2. The van der Waals surface area contributed by atoms with Crippen LogP contribution in [0.15, 0.2) is 30.3 Å². The Balaban J connectivity index is 1.88. The van der Waals surface area contributed by atoms with Crippen LogP contribution >= 0.6 is 0 Å². The van der Waals surface area contributed by atoms with Gasteiger partial charge in [0, 0.05) is 18.2 Å². The Labute approximate surface area is 112 Å². The molecule has 1 unspecified atom stereocenters. The normalized spacial score (nSPS) is 17.0. The van der Waals surface area contributed by atoms with Gasteiger partial charge >= 0.3 is 0 Å². The minimum atomic E-state index is -0.114. The topological polar surface area (TPSA) is 61.0 Å². The fourth-order valence-electron chi connectivity index (χ4n) is 2.39. The number of para-hydroxylation sites is 1. The first-order valence-corrected chi connectivity index (χ1v) is 6.64. The van der Waals surface area contributed by atoms with E-state index in [0.717, 1.165) is 30.7 Å². The molecule has 0 fully saturated rings. The van der Waals surface area contributed by atoms with Crippen LogP contribution in [-0.4, -0.2) is 9.97 Å². The molecule has 1 atom stereocenters. The zero-order valence-corrected chi connectivity index (χ0v) is 11.0. The summed E-state index contributed by atoms with van der Waals surface area (Å²) < 4.78 is 5.90. The van der Waals surface area contributed by atoms with E-state index in [-0.39, 0.29) is 6.10 Å². The molecule has 2 aromatic rings. The van der Waals surface area contributed by atoms with Gasteiger partial charge in [-0.2, -0.15) is 0 Å². The highest BCUT2D eigenvalue weighted by atomic mass is 16.5. The van der Waals surface area contributed by atoms with E-state index in [1.807, 2.05) is 24.3 Å². The Morgan fingerprint density at radius 3 is 2.95 bits per heavy atom. The number of nitrogens with zero attached hydrogens (tertiary/aromatic N) is 2. The Hall–Kier alpha value is -2.10. The monoisotopic (exact) mass is 255 g/mol. The number of aromatic nitrogens is 2. The van der Waals surface area contributed by atoms with Crippen LogP contribution in [0.5, 0.6) is 5.75 Å². The maximum Gasteiger partial charge on any atom is 0.172 e. The SMILES string of the molecule is CCCc1cc(N)nc(C2Cc3ccccc3O2)n1. The van der Waals surface area contributed by atoms with Gasteiger partial charge in [-0.05, 0) is 18.1 Å². The van der Waals surface area contributed by atoms with Crippen molar-refractivity contribution in [3.8, 4) is 5.75 Å². The zero-order valence-electron chi connectivity index (χ0n) is 11.0. The second-order valence-corrected chi connectivity index (χ2v) is 4.81. The number of hydrogen-bond donors (Lipinski definition) is 1. The van der Waals surface area contributed by atoms with E-state index in [4.69, 9.17) is 10.5 Å². The van der Waals surface area contributed by atoms with E-state index >= 15 is 0 Å². The summed E-state index contributed by atoms with van der Waals surface area (Å²) in [4.78, 5) is 8.90. The van der Waals surface area contributed by atoms with E-state index < -0.39 is 0 Å². The maximum absolute atomic E-state index is 5.90. The number of benzene rings is 1. The van der Waals surface area contributed by atoms with Crippen LogP contribution in [0, 0.1) is 0 Å². The lowest BCUT2D eigenvalue weighted by Gasteiger charge is -2.11. The summed E-state index contributed by atoms with van der Waals surface area (Å²) in [5.41, 5.74) is 8.05. The van der Waals surface area contributed by atoms with E-state index in [0.29, 0.717) is 11.6 Å². The van der Waals surface area contributed by atoms with Crippen LogP contribution in [0.25, 0.3) is 0 Å². The summed E-state index contributed by atoms with van der Waals surface area (Å²) in [5, 5.41) is 0. The number of aryl methyl sites for hydroxylation is 1. The number of anilines is 1. The Morgan fingerprint density at radius 1 is 1.32 bits per heavy atom. The van der Waals surface area contributed by atoms with Crippen LogP contribution in [0.2, 0.25) is 0 Å². The van der Waals surface area contributed by atoms with Crippen LogP contribution in [0.4, 0.5) is 5.82 Å². The largest absolute Gasteiger partial charge is 0.482 e. The second-order valence-electron chi connectivity index (χ2n) is 4.81. The van der Waals surface area contributed by atoms with E-state index in [2.05, 4.69) is 23.0 Å². The van der Waals surface area contributed by atoms with E-state index in [9.17, 15) is 0 Å². The first-order valence-electron chi connectivity index (χ1n) is 6.64. The molecule has 0 amide bonds. The highest BCUT2D eigenvalue weighted by Gasteiger charge is 2.26. The van der Waals surface area contributed by atoms with Crippen molar-refractivity contribution in [1.29, 1.82) is 0 Å². The number of nitrogens with two attached hydrogens (primary N) is 1. The molecular weight excluding hydrogens is 238 g/mol. The third-order valence-corrected chi connectivity index (χ3v) is 3.26. The van der Waals surface area contributed by atoms with Crippen molar-refractivity contribution >= 4 is 5.82 Å². The molecular formula is C15H17N3O. The molecule has 0 aliphatic carbocycles. The van der Waals surface area contributed by atoms with Gasteiger partial charge in [0.25, 0.3) is 0 Å². The van der Waals surface area contributed by atoms with Gasteiger partial charge in [0.1, 0.15) is 11.6 Å². The molecule has 2 heterocycles. The molecule has 4 heteroatoms. The van der Waals surface area contributed by atoms with Gasteiger partial charge in [0.15, 0.2) is 11.9 Å². The Kier molecular flexibility index (Phi) is 3.07. The molecule has 0 spiro atoms. The molecule has 19 heavy (non-hydrogen) atoms. The third-order valence-electron chi connectivity index (χ3n) is 3.26. The molecule has 0 bridgehead atoms. The number of ether oxygens (including phenoxy) is 1. The highest BCUT2D eigenvalue weighted by molar-refractivity contribution is 5.39. The summed E-state index contributed by atoms with van der Waals surface area (Å²) in [6, 6.07) is 9.90. The summed E-state index contributed by atoms with van der Waals surface area (Å²) >= 11 is 0. The summed E-state index contributed by atoms with van der Waals surface area (Å²) in [6.07, 6.45) is 2.66. The molecule has 1 aliphatic rings. The Bertz CT molecular complexity index is 573. The van der Waals surface area contributed by atoms with Gasteiger partial charge in [-0.1, -0.05) is 31.5 Å². The van der Waals surface area contributed by atoms with Crippen molar-refractivity contribution in [2.75, 3.05) is 5.73 Å². The van der Waals surface area contributed by atoms with E-state index in [1.54, 1.807) is 0 Å². The molecule has 2 N–H and O–H groups in total. The fourth-order valence-corrected chi connectivity index (χ4v) is 2.39. The molecule has 1 aromatic heterocycles. The lowest BCUT2D eigenvalue weighted by Crippen LogP contribution is -2.11. The van der Waals surface area contributed by atoms with Crippen molar-refractivity contribution in [2.45, 2.75) is 32.3 Å². The number of fused-ring (bicyclic) bond motifs is 1. The van der Waals surface area contributed by atoms with Crippen molar-refractivity contribution in [2.24, 2.45) is 0 Å². The molecule has 3 rings (SSSR count). The van der Waals surface area contributed by atoms with E-state index in [1.165, 1.54) is 5.56 Å². The van der Waals surface area contributed by atoms with Crippen LogP contribution < -0.4 is 10.5 Å².